The molecule has 21 heavy (non-hydrogen) atoms. The monoisotopic (exact) mass is 302 g/mol. The van der Waals surface area contributed by atoms with Crippen LogP contribution in [-0.2, 0) is 4.74 Å². The SMILES string of the molecule is COC[C@@H]1CN(C(=O)c2ccsc2)C[C@H]1c1ccccn1. The number of hydrogen-bond donors (Lipinski definition) is 0. The quantitative estimate of drug-likeness (QED) is 0.872. The number of pyridine rings is 1. The van der Waals surface area contributed by atoms with Gasteiger partial charge in [-0.3, -0.25) is 9.78 Å². The maximum atomic E-state index is 12.5. The summed E-state index contributed by atoms with van der Waals surface area (Å²) in [5, 5.41) is 3.84. The van der Waals surface area contributed by atoms with Crippen molar-refractivity contribution in [1.29, 1.82) is 0 Å². The number of carbonyl (C=O) groups is 1. The van der Waals surface area contributed by atoms with Gasteiger partial charge in [0.1, 0.15) is 0 Å². The van der Waals surface area contributed by atoms with Gasteiger partial charge in [0.2, 0.25) is 0 Å². The third-order valence-electron chi connectivity index (χ3n) is 3.94. The van der Waals surface area contributed by atoms with Gasteiger partial charge in [-0.25, -0.2) is 0 Å². The van der Waals surface area contributed by atoms with E-state index in [1.54, 1.807) is 18.4 Å². The summed E-state index contributed by atoms with van der Waals surface area (Å²) in [7, 11) is 1.71. The molecule has 0 radical (unpaired) electrons. The molecule has 0 saturated carbocycles. The second-order valence-electron chi connectivity index (χ2n) is 5.30. The second-order valence-corrected chi connectivity index (χ2v) is 6.08. The van der Waals surface area contributed by atoms with Crippen molar-refractivity contribution >= 4 is 17.2 Å². The predicted molar refractivity (Wildman–Crippen MR) is 82.6 cm³/mol. The van der Waals surface area contributed by atoms with Gasteiger partial charge in [0.25, 0.3) is 5.91 Å². The van der Waals surface area contributed by atoms with E-state index in [0.29, 0.717) is 19.1 Å². The first-order valence-electron chi connectivity index (χ1n) is 7.01. The molecular formula is C16H18N2O2S. The largest absolute Gasteiger partial charge is 0.384 e. The van der Waals surface area contributed by atoms with Crippen LogP contribution < -0.4 is 0 Å². The summed E-state index contributed by atoms with van der Waals surface area (Å²) in [5.74, 6) is 0.650. The highest BCUT2D eigenvalue weighted by Gasteiger charge is 2.37. The summed E-state index contributed by atoms with van der Waals surface area (Å²) in [4.78, 5) is 18.9. The van der Waals surface area contributed by atoms with Crippen LogP contribution in [0.15, 0.2) is 41.2 Å². The van der Waals surface area contributed by atoms with Gasteiger partial charge in [-0.15, -0.1) is 0 Å². The van der Waals surface area contributed by atoms with Crippen LogP contribution in [0.3, 0.4) is 0 Å². The summed E-state index contributed by atoms with van der Waals surface area (Å²) in [5.41, 5.74) is 1.82. The van der Waals surface area contributed by atoms with Crippen molar-refractivity contribution in [3.05, 3.63) is 52.5 Å². The Morgan fingerprint density at radius 3 is 3.00 bits per heavy atom. The molecule has 0 aromatic carbocycles. The van der Waals surface area contributed by atoms with Crippen LogP contribution in [0.4, 0.5) is 0 Å². The van der Waals surface area contributed by atoms with Crippen LogP contribution in [0.25, 0.3) is 0 Å². The van der Waals surface area contributed by atoms with Gasteiger partial charge in [0, 0.05) is 49.3 Å². The van der Waals surface area contributed by atoms with Crippen LogP contribution in [0.2, 0.25) is 0 Å². The number of rotatable bonds is 4. The van der Waals surface area contributed by atoms with E-state index < -0.39 is 0 Å². The van der Waals surface area contributed by atoms with Gasteiger partial charge < -0.3 is 9.64 Å². The molecule has 1 saturated heterocycles. The highest BCUT2D eigenvalue weighted by Crippen LogP contribution is 2.32. The average molecular weight is 302 g/mol. The Labute approximate surface area is 128 Å². The molecule has 5 heteroatoms. The fourth-order valence-electron chi connectivity index (χ4n) is 2.92. The Hall–Kier alpha value is -1.72. The lowest BCUT2D eigenvalue weighted by Crippen LogP contribution is -2.29. The molecule has 1 fully saturated rings. The number of hydrogen-bond acceptors (Lipinski definition) is 4. The van der Waals surface area contributed by atoms with Gasteiger partial charge in [-0.2, -0.15) is 11.3 Å². The molecule has 2 aromatic rings. The van der Waals surface area contributed by atoms with Crippen molar-refractivity contribution < 1.29 is 9.53 Å². The molecule has 3 heterocycles. The van der Waals surface area contributed by atoms with Crippen LogP contribution >= 0.6 is 11.3 Å². The van der Waals surface area contributed by atoms with Crippen LogP contribution in [0, 0.1) is 5.92 Å². The van der Waals surface area contributed by atoms with E-state index in [4.69, 9.17) is 4.74 Å². The Bertz CT molecular complexity index is 586. The van der Waals surface area contributed by atoms with E-state index in [-0.39, 0.29) is 11.8 Å². The fourth-order valence-corrected chi connectivity index (χ4v) is 3.55. The van der Waals surface area contributed by atoms with E-state index in [0.717, 1.165) is 17.8 Å². The van der Waals surface area contributed by atoms with Crippen molar-refractivity contribution in [3.63, 3.8) is 0 Å². The maximum Gasteiger partial charge on any atom is 0.254 e. The predicted octanol–water partition coefficient (Wildman–Crippen LogP) is 2.65. The van der Waals surface area contributed by atoms with Gasteiger partial charge in [-0.1, -0.05) is 6.07 Å². The second kappa shape index (κ2) is 6.37. The van der Waals surface area contributed by atoms with E-state index in [1.807, 2.05) is 46.1 Å². The number of ether oxygens (including phenoxy) is 1. The van der Waals surface area contributed by atoms with Crippen LogP contribution in [0.1, 0.15) is 22.0 Å². The topological polar surface area (TPSA) is 42.4 Å². The molecule has 1 aliphatic heterocycles. The molecular weight excluding hydrogens is 284 g/mol. The Balaban J connectivity index is 1.79. The molecule has 4 nitrogen and oxygen atoms in total. The first-order valence-corrected chi connectivity index (χ1v) is 7.95. The molecule has 0 spiro atoms. The lowest BCUT2D eigenvalue weighted by atomic mass is 9.93. The van der Waals surface area contributed by atoms with Crippen molar-refractivity contribution in [3.8, 4) is 0 Å². The van der Waals surface area contributed by atoms with Gasteiger partial charge in [0.05, 0.1) is 12.2 Å². The zero-order valence-corrected chi connectivity index (χ0v) is 12.8. The highest BCUT2D eigenvalue weighted by atomic mass is 32.1. The van der Waals surface area contributed by atoms with Gasteiger partial charge in [0.15, 0.2) is 0 Å². The summed E-state index contributed by atoms with van der Waals surface area (Å²) in [6, 6.07) is 7.83. The number of likely N-dealkylation sites (tertiary alicyclic amines) is 1. The summed E-state index contributed by atoms with van der Waals surface area (Å²) < 4.78 is 5.33. The first kappa shape index (κ1) is 14.2. The third-order valence-corrected chi connectivity index (χ3v) is 4.63. The van der Waals surface area contributed by atoms with Crippen LogP contribution in [0.5, 0.6) is 0 Å². The first-order chi connectivity index (χ1) is 10.3. The molecule has 0 N–H and O–H groups in total. The Morgan fingerprint density at radius 2 is 2.33 bits per heavy atom. The Kier molecular flexibility index (Phi) is 4.31. The van der Waals surface area contributed by atoms with Gasteiger partial charge >= 0.3 is 0 Å². The third kappa shape index (κ3) is 2.99. The van der Waals surface area contributed by atoms with Crippen molar-refractivity contribution in [2.75, 3.05) is 26.8 Å². The number of methoxy groups -OCH3 is 1. The van der Waals surface area contributed by atoms with E-state index in [2.05, 4.69) is 4.98 Å². The lowest BCUT2D eigenvalue weighted by molar-refractivity contribution is 0.0776. The minimum atomic E-state index is 0.107. The molecule has 110 valence electrons. The molecule has 0 unspecified atom stereocenters. The summed E-state index contributed by atoms with van der Waals surface area (Å²) in [6.07, 6.45) is 1.81. The molecule has 1 aliphatic rings. The lowest BCUT2D eigenvalue weighted by Gasteiger charge is -2.16. The number of amides is 1. The zero-order chi connectivity index (χ0) is 14.7. The highest BCUT2D eigenvalue weighted by molar-refractivity contribution is 7.08. The standard InChI is InChI=1S/C16H18N2O2S/c1-20-10-13-8-18(16(19)12-5-7-21-11-12)9-14(13)15-4-2-3-6-17-15/h2-7,11,13-14H,8-10H2,1H3/t13-,14+/m0/s1. The summed E-state index contributed by atoms with van der Waals surface area (Å²) in [6.45, 7) is 2.08. The minimum Gasteiger partial charge on any atom is -0.384 e. The minimum absolute atomic E-state index is 0.107. The molecule has 1 amide bonds. The summed E-state index contributed by atoms with van der Waals surface area (Å²) >= 11 is 1.55. The molecule has 2 atom stereocenters. The average Bonchev–Trinajstić information content (AvgIpc) is 3.18. The number of aromatic nitrogens is 1. The fraction of sp³-hybridized carbons (Fsp3) is 0.375. The number of nitrogens with zero attached hydrogens (tertiary/aromatic N) is 2. The van der Waals surface area contributed by atoms with Gasteiger partial charge in [-0.05, 0) is 23.6 Å². The molecule has 3 rings (SSSR count). The zero-order valence-electron chi connectivity index (χ0n) is 11.9. The van der Waals surface area contributed by atoms with E-state index >= 15 is 0 Å². The van der Waals surface area contributed by atoms with Crippen molar-refractivity contribution in [2.24, 2.45) is 5.92 Å². The van der Waals surface area contributed by atoms with E-state index in [1.165, 1.54) is 0 Å². The van der Waals surface area contributed by atoms with Crippen molar-refractivity contribution in [1.82, 2.24) is 9.88 Å². The molecule has 0 bridgehead atoms. The van der Waals surface area contributed by atoms with Crippen LogP contribution in [-0.4, -0.2) is 42.6 Å². The maximum absolute atomic E-state index is 12.5. The Morgan fingerprint density at radius 1 is 1.43 bits per heavy atom. The molecule has 2 aromatic heterocycles. The van der Waals surface area contributed by atoms with E-state index in [9.17, 15) is 4.79 Å². The van der Waals surface area contributed by atoms with Crippen molar-refractivity contribution in [2.45, 2.75) is 5.92 Å². The molecule has 0 aliphatic carbocycles. The smallest absolute Gasteiger partial charge is 0.254 e. The normalized spacial score (nSPS) is 21.7. The number of thiophene rings is 1. The number of carbonyl (C=O) groups excluding carboxylic acids is 1.